The number of carboxylic acids is 1. The Hall–Kier alpha value is -2.12. The third-order valence-corrected chi connectivity index (χ3v) is 3.05. The Balaban J connectivity index is 2.23. The van der Waals surface area contributed by atoms with Gasteiger partial charge < -0.3 is 15.2 Å². The fourth-order valence-electron chi connectivity index (χ4n) is 2.15. The Morgan fingerprint density at radius 3 is 2.45 bits per heavy atom. The predicted molar refractivity (Wildman–Crippen MR) is 81.6 cm³/mol. The monoisotopic (exact) mass is 307 g/mol. The number of esters is 1. The lowest BCUT2D eigenvalue weighted by molar-refractivity contribution is -0.162. The molecule has 0 radical (unpaired) electrons. The zero-order valence-electron chi connectivity index (χ0n) is 12.9. The van der Waals surface area contributed by atoms with Gasteiger partial charge in [0.1, 0.15) is 5.60 Å². The van der Waals surface area contributed by atoms with Crippen molar-refractivity contribution in [1.29, 1.82) is 0 Å². The maximum atomic E-state index is 12.5. The van der Waals surface area contributed by atoms with Gasteiger partial charge in [-0.25, -0.2) is 9.59 Å². The number of carbonyl (C=O) groups excluding carboxylic acids is 1. The van der Waals surface area contributed by atoms with Crippen molar-refractivity contribution in [3.8, 4) is 0 Å². The normalized spacial score (nSPS) is 17.0. The van der Waals surface area contributed by atoms with E-state index in [0.717, 1.165) is 0 Å². The summed E-state index contributed by atoms with van der Waals surface area (Å²) in [7, 11) is 0. The number of rotatable bonds is 4. The van der Waals surface area contributed by atoms with E-state index in [1.165, 1.54) is 12.1 Å². The number of hydrogen-bond acceptors (Lipinski definition) is 6. The van der Waals surface area contributed by atoms with Gasteiger partial charge in [0.15, 0.2) is 0 Å². The molecule has 0 aromatic heterocycles. The Kier molecular flexibility index (Phi) is 4.39. The minimum Gasteiger partial charge on any atom is -0.478 e. The van der Waals surface area contributed by atoms with E-state index in [1.807, 2.05) is 0 Å². The third-order valence-electron chi connectivity index (χ3n) is 3.05. The van der Waals surface area contributed by atoms with Crippen molar-refractivity contribution in [2.24, 2.45) is 0 Å². The molecule has 0 aliphatic carbocycles. The smallest absolute Gasteiger partial charge is 0.363 e. The summed E-state index contributed by atoms with van der Waals surface area (Å²) < 4.78 is 5.43. The minimum atomic E-state index is -1.26. The van der Waals surface area contributed by atoms with E-state index in [-0.39, 0.29) is 5.56 Å². The van der Waals surface area contributed by atoms with Gasteiger partial charge in [0, 0.05) is 18.8 Å². The zero-order chi connectivity index (χ0) is 16.4. The lowest BCUT2D eigenvalue weighted by Crippen LogP contribution is -2.63. The van der Waals surface area contributed by atoms with Crippen LogP contribution >= 0.6 is 0 Å². The molecule has 0 atom stereocenters. The molecule has 0 spiro atoms. The molecule has 4 N–H and O–H groups in total. The number of carbonyl (C=O) groups is 2. The molecule has 2 rings (SSSR count). The summed E-state index contributed by atoms with van der Waals surface area (Å²) in [5, 5.41) is 18.1. The van der Waals surface area contributed by atoms with Gasteiger partial charge in [-0.1, -0.05) is 6.07 Å². The first-order valence-corrected chi connectivity index (χ1v) is 7.07. The van der Waals surface area contributed by atoms with Crippen LogP contribution in [0.15, 0.2) is 24.3 Å². The summed E-state index contributed by atoms with van der Waals surface area (Å²) >= 11 is 0. The molecule has 1 saturated heterocycles. The minimum absolute atomic E-state index is 0.141. The van der Waals surface area contributed by atoms with Gasteiger partial charge in [-0.05, 0) is 39.0 Å². The molecular formula is C15H21N3O4. The molecule has 1 aliphatic heterocycles. The van der Waals surface area contributed by atoms with Crippen molar-refractivity contribution in [3.05, 3.63) is 29.8 Å². The second kappa shape index (κ2) is 5.94. The van der Waals surface area contributed by atoms with Gasteiger partial charge >= 0.3 is 11.9 Å². The van der Waals surface area contributed by atoms with Gasteiger partial charge in [-0.3, -0.25) is 10.6 Å². The summed E-state index contributed by atoms with van der Waals surface area (Å²) in [6.45, 7) is 6.55. The Labute approximate surface area is 129 Å². The van der Waals surface area contributed by atoms with Gasteiger partial charge in [-0.15, -0.1) is 0 Å². The molecule has 7 nitrogen and oxygen atoms in total. The van der Waals surface area contributed by atoms with E-state index < -0.39 is 23.3 Å². The largest absolute Gasteiger partial charge is 0.478 e. The zero-order valence-corrected chi connectivity index (χ0v) is 12.9. The number of carboxylic acid groups (broad SMARTS) is 1. The van der Waals surface area contributed by atoms with Crippen LogP contribution in [0.3, 0.4) is 0 Å². The van der Waals surface area contributed by atoms with Gasteiger partial charge in [-0.2, -0.15) is 0 Å². The topological polar surface area (TPSA) is 99.7 Å². The third kappa shape index (κ3) is 3.75. The highest BCUT2D eigenvalue weighted by molar-refractivity contribution is 5.89. The molecule has 0 unspecified atom stereocenters. The van der Waals surface area contributed by atoms with Crippen molar-refractivity contribution >= 4 is 17.6 Å². The lowest BCUT2D eigenvalue weighted by Gasteiger charge is -2.32. The molecular weight excluding hydrogens is 286 g/mol. The second-order valence-electron chi connectivity index (χ2n) is 6.12. The summed E-state index contributed by atoms with van der Waals surface area (Å²) in [6, 6.07) is 6.27. The molecule has 7 heteroatoms. The van der Waals surface area contributed by atoms with Crippen LogP contribution in [0, 0.1) is 0 Å². The van der Waals surface area contributed by atoms with Crippen molar-refractivity contribution in [2.75, 3.05) is 18.4 Å². The molecule has 0 amide bonds. The van der Waals surface area contributed by atoms with Crippen LogP contribution in [-0.2, 0) is 9.53 Å². The number of benzene rings is 1. The van der Waals surface area contributed by atoms with Crippen molar-refractivity contribution in [2.45, 2.75) is 32.2 Å². The first kappa shape index (κ1) is 16.3. The SMILES string of the molecule is CC(C)(C)OC(=O)C1(Nc2cccc(C(=O)O)c2)NCCN1. The van der Waals surface area contributed by atoms with Crippen LogP contribution < -0.4 is 16.0 Å². The van der Waals surface area contributed by atoms with E-state index in [0.29, 0.717) is 18.8 Å². The number of ether oxygens (including phenoxy) is 1. The first-order valence-electron chi connectivity index (χ1n) is 7.07. The van der Waals surface area contributed by atoms with Crippen molar-refractivity contribution in [3.63, 3.8) is 0 Å². The second-order valence-corrected chi connectivity index (χ2v) is 6.12. The quantitative estimate of drug-likeness (QED) is 0.615. The highest BCUT2D eigenvalue weighted by Crippen LogP contribution is 2.19. The molecule has 1 aliphatic rings. The average Bonchev–Trinajstić information content (AvgIpc) is 2.87. The Bertz CT molecular complexity index is 574. The van der Waals surface area contributed by atoms with E-state index in [4.69, 9.17) is 9.84 Å². The summed E-state index contributed by atoms with van der Waals surface area (Å²) in [5.41, 5.74) is 0.0238. The fourth-order valence-corrected chi connectivity index (χ4v) is 2.15. The summed E-state index contributed by atoms with van der Waals surface area (Å²) in [4.78, 5) is 23.5. The van der Waals surface area contributed by atoms with E-state index in [9.17, 15) is 9.59 Å². The van der Waals surface area contributed by atoms with Crippen LogP contribution in [0.1, 0.15) is 31.1 Å². The Morgan fingerprint density at radius 1 is 1.27 bits per heavy atom. The van der Waals surface area contributed by atoms with Crippen LogP contribution in [0.5, 0.6) is 0 Å². The van der Waals surface area contributed by atoms with E-state index in [1.54, 1.807) is 32.9 Å². The number of hydrogen-bond donors (Lipinski definition) is 4. The molecule has 1 aromatic rings. The van der Waals surface area contributed by atoms with E-state index in [2.05, 4.69) is 16.0 Å². The van der Waals surface area contributed by atoms with Gasteiger partial charge in [0.05, 0.1) is 5.56 Å². The number of nitrogens with one attached hydrogen (secondary N) is 3. The van der Waals surface area contributed by atoms with Crippen molar-refractivity contribution < 1.29 is 19.4 Å². The van der Waals surface area contributed by atoms with E-state index >= 15 is 0 Å². The maximum absolute atomic E-state index is 12.5. The highest BCUT2D eigenvalue weighted by atomic mass is 16.6. The van der Waals surface area contributed by atoms with Crippen molar-refractivity contribution in [1.82, 2.24) is 10.6 Å². The standard InChI is InChI=1S/C15H21N3O4/c1-14(2,3)22-13(21)15(16-7-8-17-15)18-11-6-4-5-10(9-11)12(19)20/h4-6,9,16-18H,7-8H2,1-3H3,(H,19,20). The molecule has 120 valence electrons. The molecule has 22 heavy (non-hydrogen) atoms. The molecule has 0 bridgehead atoms. The summed E-state index contributed by atoms with van der Waals surface area (Å²) in [6.07, 6.45) is 0. The molecule has 0 saturated carbocycles. The fraction of sp³-hybridized carbons (Fsp3) is 0.467. The lowest BCUT2D eigenvalue weighted by atomic mass is 10.1. The number of anilines is 1. The number of aromatic carboxylic acids is 1. The molecule has 1 aromatic carbocycles. The molecule has 1 heterocycles. The molecule has 1 fully saturated rings. The summed E-state index contributed by atoms with van der Waals surface area (Å²) in [5.74, 6) is -2.77. The maximum Gasteiger partial charge on any atom is 0.363 e. The van der Waals surface area contributed by atoms with Gasteiger partial charge in [0.2, 0.25) is 5.79 Å². The average molecular weight is 307 g/mol. The van der Waals surface area contributed by atoms with Crippen LogP contribution in [0.2, 0.25) is 0 Å². The van der Waals surface area contributed by atoms with Crippen LogP contribution in [0.4, 0.5) is 5.69 Å². The van der Waals surface area contributed by atoms with Crippen LogP contribution in [0.25, 0.3) is 0 Å². The van der Waals surface area contributed by atoms with Crippen LogP contribution in [-0.4, -0.2) is 41.5 Å². The highest BCUT2D eigenvalue weighted by Gasteiger charge is 2.44. The predicted octanol–water partition coefficient (Wildman–Crippen LogP) is 0.985. The Morgan fingerprint density at radius 2 is 1.91 bits per heavy atom. The first-order chi connectivity index (χ1) is 10.2. The van der Waals surface area contributed by atoms with Gasteiger partial charge in [0.25, 0.3) is 0 Å².